The number of carbonyl (C=O) groups is 2. The van der Waals surface area contributed by atoms with Crippen LogP contribution in [0.1, 0.15) is 50.7 Å². The van der Waals surface area contributed by atoms with Gasteiger partial charge in [-0.3, -0.25) is 4.79 Å². The van der Waals surface area contributed by atoms with Gasteiger partial charge in [-0.25, -0.2) is 4.79 Å². The lowest BCUT2D eigenvalue weighted by atomic mass is 9.68. The number of carbonyl (C=O) groups excluding carboxylic acids is 2. The average Bonchev–Trinajstić information content (AvgIpc) is 2.78. The molecular formula is C28H31NO4. The lowest BCUT2D eigenvalue weighted by molar-refractivity contribution is -0.139. The van der Waals surface area contributed by atoms with Gasteiger partial charge in [0.15, 0.2) is 5.78 Å². The van der Waals surface area contributed by atoms with Crippen LogP contribution in [0, 0.1) is 5.41 Å². The van der Waals surface area contributed by atoms with Gasteiger partial charge in [-0.05, 0) is 42.0 Å². The number of rotatable bonds is 6. The van der Waals surface area contributed by atoms with Crippen molar-refractivity contribution in [3.63, 3.8) is 0 Å². The van der Waals surface area contributed by atoms with E-state index in [9.17, 15) is 9.59 Å². The highest BCUT2D eigenvalue weighted by atomic mass is 16.5. The number of hydrogen-bond donors (Lipinski definition) is 1. The summed E-state index contributed by atoms with van der Waals surface area (Å²) in [6, 6.07) is 17.5. The average molecular weight is 446 g/mol. The zero-order chi connectivity index (χ0) is 23.6. The minimum absolute atomic E-state index is 0.0802. The van der Waals surface area contributed by atoms with Crippen LogP contribution in [0.15, 0.2) is 77.1 Å². The van der Waals surface area contributed by atoms with Crippen molar-refractivity contribution in [1.29, 1.82) is 0 Å². The van der Waals surface area contributed by atoms with Crippen LogP contribution >= 0.6 is 0 Å². The molecule has 0 radical (unpaired) electrons. The number of dihydropyridines is 1. The summed E-state index contributed by atoms with van der Waals surface area (Å²) in [6.45, 7) is 6.37. The fraction of sp³-hybridized carbons (Fsp3) is 0.357. The topological polar surface area (TPSA) is 64.6 Å². The van der Waals surface area contributed by atoms with Crippen molar-refractivity contribution in [1.82, 2.24) is 5.32 Å². The molecule has 1 heterocycles. The third-order valence-corrected chi connectivity index (χ3v) is 6.38. The Hall–Kier alpha value is -3.34. The van der Waals surface area contributed by atoms with E-state index in [4.69, 9.17) is 9.47 Å². The Balaban J connectivity index is 1.66. The number of Topliss-reactive ketones (excluding diaryl/α,β-unsaturated/α-hetero) is 1. The molecule has 1 N–H and O–H groups in total. The number of ketones is 1. The highest BCUT2D eigenvalue weighted by molar-refractivity contribution is 6.04. The van der Waals surface area contributed by atoms with E-state index in [0.29, 0.717) is 24.0 Å². The normalized spacial score (nSPS) is 19.6. The van der Waals surface area contributed by atoms with Crippen LogP contribution in [0.25, 0.3) is 0 Å². The Labute approximate surface area is 195 Å². The number of benzene rings is 2. The van der Waals surface area contributed by atoms with Crippen LogP contribution in [-0.2, 0) is 20.7 Å². The summed E-state index contributed by atoms with van der Waals surface area (Å²) < 4.78 is 11.0. The van der Waals surface area contributed by atoms with Crippen LogP contribution in [0.5, 0.6) is 5.75 Å². The van der Waals surface area contributed by atoms with Crippen LogP contribution in [0.4, 0.5) is 0 Å². The zero-order valence-corrected chi connectivity index (χ0v) is 19.7. The first-order chi connectivity index (χ1) is 15.8. The molecule has 0 bridgehead atoms. The van der Waals surface area contributed by atoms with Crippen molar-refractivity contribution in [3.8, 4) is 5.75 Å². The van der Waals surface area contributed by atoms with Gasteiger partial charge in [-0.2, -0.15) is 0 Å². The molecule has 0 saturated carbocycles. The summed E-state index contributed by atoms with van der Waals surface area (Å²) in [6.07, 6.45) is 1.85. The maximum absolute atomic E-state index is 13.3. The number of methoxy groups -OCH3 is 1. The van der Waals surface area contributed by atoms with E-state index in [2.05, 4.69) is 19.2 Å². The van der Waals surface area contributed by atoms with E-state index < -0.39 is 5.92 Å². The fourth-order valence-corrected chi connectivity index (χ4v) is 4.82. The molecule has 2 aromatic rings. The summed E-state index contributed by atoms with van der Waals surface area (Å²) >= 11 is 0. The van der Waals surface area contributed by atoms with Gasteiger partial charge in [0.05, 0.1) is 19.3 Å². The molecule has 4 rings (SSSR count). The number of esters is 1. The summed E-state index contributed by atoms with van der Waals surface area (Å²) in [5, 5.41) is 3.38. The SMILES string of the molecule is COc1ccc([C@H]2C(C(=O)OCCc3ccccc3)=C(C)NC3=C2C(=O)CC(C)(C)C3)cc1. The van der Waals surface area contributed by atoms with Gasteiger partial charge in [0.1, 0.15) is 5.75 Å². The van der Waals surface area contributed by atoms with Gasteiger partial charge in [-0.1, -0.05) is 56.3 Å². The lowest BCUT2D eigenvalue weighted by Crippen LogP contribution is -2.38. The van der Waals surface area contributed by atoms with Crippen molar-refractivity contribution in [2.45, 2.75) is 46.0 Å². The first-order valence-corrected chi connectivity index (χ1v) is 11.4. The van der Waals surface area contributed by atoms with E-state index in [-0.39, 0.29) is 23.8 Å². The van der Waals surface area contributed by atoms with Crippen LogP contribution in [-0.4, -0.2) is 25.5 Å². The van der Waals surface area contributed by atoms with E-state index in [1.165, 1.54) is 0 Å². The molecule has 33 heavy (non-hydrogen) atoms. The quantitative estimate of drug-likeness (QED) is 0.628. The second-order valence-electron chi connectivity index (χ2n) is 9.57. The monoisotopic (exact) mass is 445 g/mol. The third kappa shape index (κ3) is 4.87. The van der Waals surface area contributed by atoms with Gasteiger partial charge < -0.3 is 14.8 Å². The fourth-order valence-electron chi connectivity index (χ4n) is 4.82. The molecule has 0 fully saturated rings. The van der Waals surface area contributed by atoms with Gasteiger partial charge in [0.2, 0.25) is 0 Å². The third-order valence-electron chi connectivity index (χ3n) is 6.38. The molecule has 172 valence electrons. The summed E-state index contributed by atoms with van der Waals surface area (Å²) in [4.78, 5) is 26.7. The van der Waals surface area contributed by atoms with Crippen LogP contribution < -0.4 is 10.1 Å². The maximum atomic E-state index is 13.3. The molecule has 1 aliphatic carbocycles. The molecule has 5 heteroatoms. The summed E-state index contributed by atoms with van der Waals surface area (Å²) in [7, 11) is 1.62. The molecule has 0 saturated heterocycles. The second-order valence-corrected chi connectivity index (χ2v) is 9.57. The van der Waals surface area contributed by atoms with E-state index >= 15 is 0 Å². The van der Waals surface area contributed by atoms with Crippen molar-refractivity contribution >= 4 is 11.8 Å². The molecular weight excluding hydrogens is 414 g/mol. The van der Waals surface area contributed by atoms with E-state index in [0.717, 1.165) is 34.7 Å². The molecule has 0 spiro atoms. The van der Waals surface area contributed by atoms with Crippen molar-refractivity contribution in [3.05, 3.63) is 88.3 Å². The van der Waals surface area contributed by atoms with Crippen LogP contribution in [0.3, 0.4) is 0 Å². The van der Waals surface area contributed by atoms with Gasteiger partial charge >= 0.3 is 5.97 Å². The van der Waals surface area contributed by atoms with Gasteiger partial charge in [0.25, 0.3) is 0 Å². The van der Waals surface area contributed by atoms with Crippen LogP contribution in [0.2, 0.25) is 0 Å². The Bertz CT molecular complexity index is 1110. The second kappa shape index (κ2) is 9.26. The number of ether oxygens (including phenoxy) is 2. The number of allylic oxidation sites excluding steroid dienone is 3. The van der Waals surface area contributed by atoms with Gasteiger partial charge in [0, 0.05) is 35.7 Å². The summed E-state index contributed by atoms with van der Waals surface area (Å²) in [5.41, 5.74) is 4.70. The van der Waals surface area contributed by atoms with E-state index in [1.807, 2.05) is 61.5 Å². The number of nitrogens with one attached hydrogen (secondary N) is 1. The Morgan fingerprint density at radius 1 is 1.06 bits per heavy atom. The zero-order valence-electron chi connectivity index (χ0n) is 19.7. The smallest absolute Gasteiger partial charge is 0.336 e. The molecule has 0 unspecified atom stereocenters. The molecule has 2 aliphatic rings. The predicted octanol–water partition coefficient (Wildman–Crippen LogP) is 5.09. The lowest BCUT2D eigenvalue weighted by Gasteiger charge is -2.39. The van der Waals surface area contributed by atoms with Crippen molar-refractivity contribution in [2.75, 3.05) is 13.7 Å². The minimum atomic E-state index is -0.458. The largest absolute Gasteiger partial charge is 0.497 e. The standard InChI is InChI=1S/C28H31NO4/c1-18-24(27(31)33-15-14-19-8-6-5-7-9-19)25(20-10-12-21(32-4)13-11-20)26-22(29-18)16-28(2,3)17-23(26)30/h5-13,25,29H,14-17H2,1-4H3/t25-/m0/s1. The Kier molecular flexibility index (Phi) is 6.41. The number of hydrogen-bond acceptors (Lipinski definition) is 5. The molecule has 1 aliphatic heterocycles. The van der Waals surface area contributed by atoms with Crippen molar-refractivity contribution in [2.24, 2.45) is 5.41 Å². The van der Waals surface area contributed by atoms with E-state index in [1.54, 1.807) is 7.11 Å². The first-order valence-electron chi connectivity index (χ1n) is 11.4. The molecule has 1 atom stereocenters. The molecule has 2 aromatic carbocycles. The first kappa shape index (κ1) is 22.8. The predicted molar refractivity (Wildman–Crippen MR) is 128 cm³/mol. The summed E-state index contributed by atoms with van der Waals surface area (Å²) in [5.74, 6) is -0.0387. The highest BCUT2D eigenvalue weighted by Crippen LogP contribution is 2.46. The highest BCUT2D eigenvalue weighted by Gasteiger charge is 2.43. The molecule has 0 amide bonds. The Morgan fingerprint density at radius 3 is 2.42 bits per heavy atom. The molecule has 0 aromatic heterocycles. The molecule has 5 nitrogen and oxygen atoms in total. The van der Waals surface area contributed by atoms with Gasteiger partial charge in [-0.15, -0.1) is 0 Å². The maximum Gasteiger partial charge on any atom is 0.336 e. The minimum Gasteiger partial charge on any atom is -0.497 e. The van der Waals surface area contributed by atoms with Crippen molar-refractivity contribution < 1.29 is 19.1 Å². The Morgan fingerprint density at radius 2 is 1.76 bits per heavy atom.